The Morgan fingerprint density at radius 1 is 1.00 bits per heavy atom. The minimum Gasteiger partial charge on any atom is -0.352 e. The molecule has 1 atom stereocenters. The molecule has 4 rings (SSSR count). The number of allylic oxidation sites excluding steroid dienone is 2. The number of nitrogens with one attached hydrogen (secondary N) is 1. The number of likely N-dealkylation sites (tertiary alicyclic amines) is 1. The van der Waals surface area contributed by atoms with E-state index < -0.39 is 17.5 Å². The number of piperidine rings is 1. The molecule has 0 aromatic heterocycles. The summed E-state index contributed by atoms with van der Waals surface area (Å²) in [6, 6.07) is 16.3. The second-order valence-corrected chi connectivity index (χ2v) is 9.56. The molecule has 7 heteroatoms. The third kappa shape index (κ3) is 6.60. The first kappa shape index (κ1) is 25.2. The number of halogens is 4. The third-order valence-corrected chi connectivity index (χ3v) is 7.01. The Hall–Kier alpha value is -2.93. The topological polar surface area (TPSA) is 32.3 Å². The van der Waals surface area contributed by atoms with Gasteiger partial charge in [-0.15, -0.1) is 0 Å². The van der Waals surface area contributed by atoms with Crippen LogP contribution < -0.4 is 5.32 Å². The lowest BCUT2D eigenvalue weighted by atomic mass is 9.72. The Morgan fingerprint density at radius 3 is 2.34 bits per heavy atom. The summed E-state index contributed by atoms with van der Waals surface area (Å²) < 4.78 is 52.6. The van der Waals surface area contributed by atoms with E-state index in [0.29, 0.717) is 44.5 Å². The molecule has 1 amide bonds. The minimum absolute atomic E-state index is 0.0667. The molecule has 1 heterocycles. The van der Waals surface area contributed by atoms with Gasteiger partial charge in [-0.25, -0.2) is 4.39 Å². The first-order valence-electron chi connectivity index (χ1n) is 12.0. The van der Waals surface area contributed by atoms with Crippen LogP contribution in [-0.4, -0.2) is 36.6 Å². The largest absolute Gasteiger partial charge is 0.395 e. The molecule has 2 aliphatic rings. The molecule has 186 valence electrons. The van der Waals surface area contributed by atoms with Crippen LogP contribution in [0.25, 0.3) is 0 Å². The molecule has 0 bridgehead atoms. The van der Waals surface area contributed by atoms with Crippen molar-refractivity contribution < 1.29 is 22.4 Å². The Labute approximate surface area is 203 Å². The van der Waals surface area contributed by atoms with E-state index in [9.17, 15) is 22.4 Å². The number of carbonyl (C=O) groups excluding carboxylic acids is 1. The highest BCUT2D eigenvalue weighted by molar-refractivity contribution is 5.83. The molecule has 1 N–H and O–H groups in total. The average Bonchev–Trinajstić information content (AvgIpc) is 2.85. The summed E-state index contributed by atoms with van der Waals surface area (Å²) in [6.45, 7) is 2.17. The zero-order valence-corrected chi connectivity index (χ0v) is 19.5. The molecule has 1 aliphatic heterocycles. The smallest absolute Gasteiger partial charge is 0.352 e. The monoisotopic (exact) mass is 486 g/mol. The minimum atomic E-state index is -4.29. The number of alkyl halides is 3. The van der Waals surface area contributed by atoms with Gasteiger partial charge in [0.1, 0.15) is 5.82 Å². The molecule has 35 heavy (non-hydrogen) atoms. The van der Waals surface area contributed by atoms with E-state index in [4.69, 9.17) is 0 Å². The average molecular weight is 487 g/mol. The van der Waals surface area contributed by atoms with E-state index in [1.807, 2.05) is 30.3 Å². The number of nitrogens with zero attached hydrogens (tertiary/aromatic N) is 1. The van der Waals surface area contributed by atoms with Crippen molar-refractivity contribution >= 4 is 5.91 Å². The second-order valence-electron chi connectivity index (χ2n) is 9.56. The zero-order valence-electron chi connectivity index (χ0n) is 19.5. The van der Waals surface area contributed by atoms with Crippen LogP contribution in [0.3, 0.4) is 0 Å². The highest BCUT2D eigenvalue weighted by Crippen LogP contribution is 2.37. The highest BCUT2D eigenvalue weighted by atomic mass is 19.4. The second kappa shape index (κ2) is 10.8. The van der Waals surface area contributed by atoms with Crippen LogP contribution >= 0.6 is 0 Å². The van der Waals surface area contributed by atoms with Gasteiger partial charge in [0.15, 0.2) is 0 Å². The van der Waals surface area contributed by atoms with E-state index in [0.717, 1.165) is 11.1 Å². The lowest BCUT2D eigenvalue weighted by Crippen LogP contribution is -2.50. The van der Waals surface area contributed by atoms with Gasteiger partial charge in [-0.3, -0.25) is 9.69 Å². The number of hydrogen-bond acceptors (Lipinski definition) is 2. The van der Waals surface area contributed by atoms with Crippen molar-refractivity contribution in [3.8, 4) is 0 Å². The number of benzene rings is 2. The van der Waals surface area contributed by atoms with Crippen molar-refractivity contribution in [2.45, 2.75) is 38.4 Å². The Kier molecular flexibility index (Phi) is 7.75. The number of carbonyl (C=O) groups is 1. The van der Waals surface area contributed by atoms with Crippen LogP contribution in [-0.2, 0) is 17.8 Å². The highest BCUT2D eigenvalue weighted by Gasteiger charge is 2.42. The molecular formula is C28H30F4N2O. The molecule has 1 saturated heterocycles. The summed E-state index contributed by atoms with van der Waals surface area (Å²) >= 11 is 0. The van der Waals surface area contributed by atoms with Crippen LogP contribution in [0.1, 0.15) is 30.4 Å². The van der Waals surface area contributed by atoms with E-state index >= 15 is 0 Å². The van der Waals surface area contributed by atoms with Gasteiger partial charge < -0.3 is 5.32 Å². The van der Waals surface area contributed by atoms with Crippen molar-refractivity contribution in [1.29, 1.82) is 0 Å². The SMILES string of the molecule is O=C(NCC1=CC(C(F)(F)F)CC=C1)C1(Cc2ccccc2)CCN(Cc2ccc(F)cc2)CC1. The van der Waals surface area contributed by atoms with Gasteiger partial charge in [-0.05, 0) is 67.6 Å². The van der Waals surface area contributed by atoms with E-state index in [1.165, 1.54) is 24.3 Å². The zero-order chi connectivity index (χ0) is 24.9. The summed E-state index contributed by atoms with van der Waals surface area (Å²) in [5, 5.41) is 2.94. The maximum Gasteiger partial charge on any atom is 0.395 e. The Balaban J connectivity index is 1.44. The van der Waals surface area contributed by atoms with Crippen LogP contribution in [0.4, 0.5) is 17.6 Å². The lowest BCUT2D eigenvalue weighted by molar-refractivity contribution is -0.160. The van der Waals surface area contributed by atoms with E-state index in [1.54, 1.807) is 18.2 Å². The van der Waals surface area contributed by atoms with Crippen LogP contribution in [0.15, 0.2) is 78.4 Å². The number of amides is 1. The van der Waals surface area contributed by atoms with Crippen molar-refractivity contribution in [1.82, 2.24) is 10.2 Å². The molecule has 1 fully saturated rings. The maximum absolute atomic E-state index is 13.5. The molecule has 0 spiro atoms. The van der Waals surface area contributed by atoms with Gasteiger partial charge in [0.2, 0.25) is 5.91 Å². The van der Waals surface area contributed by atoms with Gasteiger partial charge in [0.05, 0.1) is 11.3 Å². The van der Waals surface area contributed by atoms with E-state index in [-0.39, 0.29) is 24.7 Å². The number of rotatable bonds is 7. The van der Waals surface area contributed by atoms with Gasteiger partial charge in [0, 0.05) is 13.1 Å². The fourth-order valence-corrected chi connectivity index (χ4v) is 4.92. The molecule has 0 saturated carbocycles. The molecule has 1 unspecified atom stereocenters. The van der Waals surface area contributed by atoms with Crippen molar-refractivity contribution in [3.63, 3.8) is 0 Å². The van der Waals surface area contributed by atoms with Crippen molar-refractivity contribution in [2.24, 2.45) is 11.3 Å². The summed E-state index contributed by atoms with van der Waals surface area (Å²) in [7, 11) is 0. The first-order valence-corrected chi connectivity index (χ1v) is 12.0. The predicted octanol–water partition coefficient (Wildman–Crippen LogP) is 5.83. The van der Waals surface area contributed by atoms with Gasteiger partial charge in [-0.2, -0.15) is 13.2 Å². The molecule has 1 aliphatic carbocycles. The molecule has 0 radical (unpaired) electrons. The summed E-state index contributed by atoms with van der Waals surface area (Å²) in [5.41, 5.74) is 1.92. The number of hydrogen-bond donors (Lipinski definition) is 1. The third-order valence-electron chi connectivity index (χ3n) is 7.01. The Bertz CT molecular complexity index is 1050. The molecule has 2 aromatic carbocycles. The predicted molar refractivity (Wildman–Crippen MR) is 128 cm³/mol. The van der Waals surface area contributed by atoms with Crippen molar-refractivity contribution in [2.75, 3.05) is 19.6 Å². The van der Waals surface area contributed by atoms with Crippen LogP contribution in [0.2, 0.25) is 0 Å². The Morgan fingerprint density at radius 2 is 1.69 bits per heavy atom. The van der Waals surface area contributed by atoms with Crippen molar-refractivity contribution in [3.05, 3.63) is 95.3 Å². The van der Waals surface area contributed by atoms with Crippen LogP contribution in [0.5, 0.6) is 0 Å². The fraction of sp³-hybridized carbons (Fsp3) is 0.393. The molecule has 2 aromatic rings. The summed E-state index contributed by atoms with van der Waals surface area (Å²) in [5.74, 6) is -1.89. The summed E-state index contributed by atoms with van der Waals surface area (Å²) in [6.07, 6.45) is 1.89. The first-order chi connectivity index (χ1) is 16.7. The quantitative estimate of drug-likeness (QED) is 0.500. The molecular weight excluding hydrogens is 456 g/mol. The molecule has 3 nitrogen and oxygen atoms in total. The van der Waals surface area contributed by atoms with Gasteiger partial charge >= 0.3 is 6.18 Å². The van der Waals surface area contributed by atoms with Gasteiger partial charge in [-0.1, -0.05) is 60.7 Å². The fourth-order valence-electron chi connectivity index (χ4n) is 4.92. The standard InChI is InChI=1S/C28H30F4N2O/c29-25-11-9-22(10-12-25)20-34-15-13-27(14-16-34,18-21-5-2-1-3-6-21)26(35)33-19-23-7-4-8-24(17-23)28(30,31)32/h1-7,9-12,17,24H,8,13-16,18-20H2,(H,33,35). The van der Waals surface area contributed by atoms with Gasteiger partial charge in [0.25, 0.3) is 0 Å². The van der Waals surface area contributed by atoms with E-state index in [2.05, 4.69) is 10.2 Å². The summed E-state index contributed by atoms with van der Waals surface area (Å²) in [4.78, 5) is 15.8. The maximum atomic E-state index is 13.5. The lowest BCUT2D eigenvalue weighted by Gasteiger charge is -2.41. The normalized spacial score (nSPS) is 20.3. The van der Waals surface area contributed by atoms with Crippen LogP contribution in [0, 0.1) is 17.2 Å².